The minimum absolute atomic E-state index is 0.0289. The number of anilines is 1. The molecule has 0 aliphatic carbocycles. The molecular weight excluding hydrogens is 244 g/mol. The fourth-order valence-corrected chi connectivity index (χ4v) is 2.11. The van der Waals surface area contributed by atoms with Gasteiger partial charge >= 0.3 is 0 Å². The highest BCUT2D eigenvalue weighted by Gasteiger charge is 2.12. The van der Waals surface area contributed by atoms with Gasteiger partial charge in [0.05, 0.1) is 12.4 Å². The largest absolute Gasteiger partial charge is 0.409 e. The second kappa shape index (κ2) is 6.33. The molecule has 3 N–H and O–H groups in total. The van der Waals surface area contributed by atoms with Crippen LogP contribution in [0.15, 0.2) is 17.5 Å². The third-order valence-electron chi connectivity index (χ3n) is 3.35. The fourth-order valence-electron chi connectivity index (χ4n) is 2.11. The van der Waals surface area contributed by atoms with Gasteiger partial charge in [-0.2, -0.15) is 0 Å². The van der Waals surface area contributed by atoms with Crippen LogP contribution in [0.2, 0.25) is 0 Å². The minimum Gasteiger partial charge on any atom is -0.409 e. The number of hydrogen-bond donors (Lipinski definition) is 2. The molecule has 0 unspecified atom stereocenters. The first-order valence-corrected chi connectivity index (χ1v) is 6.44. The standard InChI is InChI=1S/C12H20N6O/c1-17(6-7-18-4-2-3-5-18)11-9-14-10(8-15-11)12(13)16-19/h8-9,19H,2-7H2,1H3,(H2,13,16). The summed E-state index contributed by atoms with van der Waals surface area (Å²) in [7, 11) is 1.99. The molecular formula is C12H20N6O. The molecule has 2 heterocycles. The van der Waals surface area contributed by atoms with Gasteiger partial charge in [0, 0.05) is 20.1 Å². The van der Waals surface area contributed by atoms with E-state index in [-0.39, 0.29) is 5.84 Å². The summed E-state index contributed by atoms with van der Waals surface area (Å²) in [5, 5.41) is 11.4. The molecule has 2 rings (SSSR count). The molecule has 1 saturated heterocycles. The molecule has 0 saturated carbocycles. The molecule has 1 aliphatic heterocycles. The van der Waals surface area contributed by atoms with E-state index in [9.17, 15) is 0 Å². The van der Waals surface area contributed by atoms with Crippen molar-refractivity contribution in [2.45, 2.75) is 12.8 Å². The third kappa shape index (κ3) is 3.54. The Labute approximate surface area is 112 Å². The highest BCUT2D eigenvalue weighted by molar-refractivity contribution is 5.94. The van der Waals surface area contributed by atoms with E-state index in [0.717, 1.165) is 18.9 Å². The topological polar surface area (TPSA) is 90.9 Å². The van der Waals surface area contributed by atoms with Crippen molar-refractivity contribution in [1.29, 1.82) is 0 Å². The van der Waals surface area contributed by atoms with E-state index in [2.05, 4.69) is 24.9 Å². The van der Waals surface area contributed by atoms with Crippen LogP contribution < -0.4 is 10.6 Å². The first-order valence-electron chi connectivity index (χ1n) is 6.44. The number of nitrogens with zero attached hydrogens (tertiary/aromatic N) is 5. The molecule has 0 spiro atoms. The second-order valence-electron chi connectivity index (χ2n) is 4.72. The van der Waals surface area contributed by atoms with Gasteiger partial charge in [0.25, 0.3) is 0 Å². The Balaban J connectivity index is 1.89. The molecule has 0 atom stereocenters. The third-order valence-corrected chi connectivity index (χ3v) is 3.35. The average Bonchev–Trinajstić information content (AvgIpc) is 2.97. The van der Waals surface area contributed by atoms with Crippen LogP contribution in [0.3, 0.4) is 0 Å². The highest BCUT2D eigenvalue weighted by atomic mass is 16.4. The van der Waals surface area contributed by atoms with Gasteiger partial charge in [0.15, 0.2) is 5.84 Å². The van der Waals surface area contributed by atoms with Crippen molar-refractivity contribution in [3.8, 4) is 0 Å². The molecule has 104 valence electrons. The summed E-state index contributed by atoms with van der Waals surface area (Å²) in [6, 6.07) is 0. The SMILES string of the molecule is CN(CCN1CCCC1)c1cnc(C(N)=NO)cn1. The Hall–Kier alpha value is -1.89. The minimum atomic E-state index is -0.0289. The van der Waals surface area contributed by atoms with E-state index < -0.39 is 0 Å². The van der Waals surface area contributed by atoms with Gasteiger partial charge in [-0.05, 0) is 25.9 Å². The fraction of sp³-hybridized carbons (Fsp3) is 0.583. The predicted octanol–water partition coefficient (Wildman–Crippen LogP) is 0.103. The molecule has 7 nitrogen and oxygen atoms in total. The molecule has 1 aromatic heterocycles. The first-order chi connectivity index (χ1) is 9.20. The van der Waals surface area contributed by atoms with Gasteiger partial charge in [-0.15, -0.1) is 0 Å². The van der Waals surface area contributed by atoms with Gasteiger partial charge in [0.1, 0.15) is 11.5 Å². The Bertz CT molecular complexity index is 426. The highest BCUT2D eigenvalue weighted by Crippen LogP contribution is 2.09. The van der Waals surface area contributed by atoms with Gasteiger partial charge in [-0.1, -0.05) is 5.16 Å². The number of rotatable bonds is 5. The molecule has 0 bridgehead atoms. The quantitative estimate of drug-likeness (QED) is 0.339. The van der Waals surface area contributed by atoms with Crippen molar-refractivity contribution in [2.75, 3.05) is 38.1 Å². The Morgan fingerprint density at radius 2 is 2.16 bits per heavy atom. The van der Waals surface area contributed by atoms with Crippen LogP contribution in [0.4, 0.5) is 5.82 Å². The smallest absolute Gasteiger partial charge is 0.190 e. The molecule has 1 fully saturated rings. The summed E-state index contributed by atoms with van der Waals surface area (Å²) < 4.78 is 0. The number of likely N-dealkylation sites (N-methyl/N-ethyl adjacent to an activating group) is 1. The van der Waals surface area contributed by atoms with Crippen molar-refractivity contribution >= 4 is 11.7 Å². The lowest BCUT2D eigenvalue weighted by molar-refractivity contribution is 0.318. The van der Waals surface area contributed by atoms with E-state index >= 15 is 0 Å². The van der Waals surface area contributed by atoms with E-state index in [0.29, 0.717) is 5.69 Å². The van der Waals surface area contributed by atoms with Crippen LogP contribution in [0.1, 0.15) is 18.5 Å². The number of oxime groups is 1. The first kappa shape index (κ1) is 13.5. The monoisotopic (exact) mass is 264 g/mol. The van der Waals surface area contributed by atoms with Crippen LogP contribution in [-0.4, -0.2) is 59.1 Å². The number of likely N-dealkylation sites (tertiary alicyclic amines) is 1. The summed E-state index contributed by atoms with van der Waals surface area (Å²) in [5.74, 6) is 0.757. The van der Waals surface area contributed by atoms with Gasteiger partial charge in [-0.3, -0.25) is 0 Å². The van der Waals surface area contributed by atoms with Crippen molar-refractivity contribution in [3.63, 3.8) is 0 Å². The van der Waals surface area contributed by atoms with Crippen molar-refractivity contribution in [2.24, 2.45) is 10.9 Å². The van der Waals surface area contributed by atoms with E-state index in [1.807, 2.05) is 7.05 Å². The van der Waals surface area contributed by atoms with Crippen LogP contribution in [0, 0.1) is 0 Å². The van der Waals surface area contributed by atoms with E-state index in [4.69, 9.17) is 10.9 Å². The summed E-state index contributed by atoms with van der Waals surface area (Å²) in [4.78, 5) is 12.9. The summed E-state index contributed by atoms with van der Waals surface area (Å²) in [5.41, 5.74) is 5.81. The number of hydrogen-bond acceptors (Lipinski definition) is 6. The Kier molecular flexibility index (Phi) is 4.51. The molecule has 19 heavy (non-hydrogen) atoms. The maximum Gasteiger partial charge on any atom is 0.190 e. The second-order valence-corrected chi connectivity index (χ2v) is 4.72. The summed E-state index contributed by atoms with van der Waals surface area (Å²) in [6.07, 6.45) is 5.75. The van der Waals surface area contributed by atoms with E-state index in [1.54, 1.807) is 6.20 Å². The molecule has 1 aliphatic rings. The summed E-state index contributed by atoms with van der Waals surface area (Å²) >= 11 is 0. The number of amidine groups is 1. The lowest BCUT2D eigenvalue weighted by atomic mass is 10.4. The van der Waals surface area contributed by atoms with Crippen LogP contribution >= 0.6 is 0 Å². The van der Waals surface area contributed by atoms with Crippen molar-refractivity contribution in [3.05, 3.63) is 18.1 Å². The molecule has 1 aromatic rings. The molecule has 0 amide bonds. The van der Waals surface area contributed by atoms with Gasteiger partial charge in [-0.25, -0.2) is 9.97 Å². The van der Waals surface area contributed by atoms with E-state index in [1.165, 1.54) is 32.1 Å². The average molecular weight is 264 g/mol. The molecule has 0 radical (unpaired) electrons. The zero-order chi connectivity index (χ0) is 13.7. The lowest BCUT2D eigenvalue weighted by Crippen LogP contribution is -2.32. The number of nitrogens with two attached hydrogens (primary N) is 1. The maximum atomic E-state index is 8.55. The van der Waals surface area contributed by atoms with Gasteiger partial charge < -0.3 is 20.7 Å². The molecule has 7 heteroatoms. The number of aromatic nitrogens is 2. The zero-order valence-corrected chi connectivity index (χ0v) is 11.2. The molecule has 0 aromatic carbocycles. The van der Waals surface area contributed by atoms with Crippen LogP contribution in [0.5, 0.6) is 0 Å². The van der Waals surface area contributed by atoms with Crippen molar-refractivity contribution in [1.82, 2.24) is 14.9 Å². The van der Waals surface area contributed by atoms with Gasteiger partial charge in [0.2, 0.25) is 0 Å². The maximum absolute atomic E-state index is 8.55. The van der Waals surface area contributed by atoms with Crippen molar-refractivity contribution < 1.29 is 5.21 Å². The summed E-state index contributed by atoms with van der Waals surface area (Å²) in [6.45, 7) is 4.35. The zero-order valence-electron chi connectivity index (χ0n) is 11.2. The lowest BCUT2D eigenvalue weighted by Gasteiger charge is -2.22. The predicted molar refractivity (Wildman–Crippen MR) is 73.5 cm³/mol. The van der Waals surface area contributed by atoms with Crippen LogP contribution in [-0.2, 0) is 0 Å². The normalized spacial score (nSPS) is 16.8. The Morgan fingerprint density at radius 3 is 2.74 bits per heavy atom. The van der Waals surface area contributed by atoms with Crippen LogP contribution in [0.25, 0.3) is 0 Å². The Morgan fingerprint density at radius 1 is 1.42 bits per heavy atom.